The number of nitrogens with one attached hydrogen (secondary N) is 2. The molecule has 1 aromatic rings. The van der Waals surface area contributed by atoms with Gasteiger partial charge in [0.15, 0.2) is 5.96 Å². The first-order valence-corrected chi connectivity index (χ1v) is 9.07. The first-order valence-electron chi connectivity index (χ1n) is 9.07. The minimum atomic E-state index is 0.520. The van der Waals surface area contributed by atoms with E-state index in [2.05, 4.69) is 53.2 Å². The molecule has 0 saturated carbocycles. The van der Waals surface area contributed by atoms with Gasteiger partial charge in [0.2, 0.25) is 0 Å². The molecular formula is C18H33N5O. The van der Waals surface area contributed by atoms with Crippen molar-refractivity contribution >= 4 is 5.96 Å². The maximum atomic E-state index is 5.36. The van der Waals surface area contributed by atoms with E-state index in [1.165, 1.54) is 0 Å². The Labute approximate surface area is 146 Å². The predicted molar refractivity (Wildman–Crippen MR) is 99.2 cm³/mol. The summed E-state index contributed by atoms with van der Waals surface area (Å²) in [6.07, 6.45) is 1.69. The second kappa shape index (κ2) is 9.69. The van der Waals surface area contributed by atoms with Gasteiger partial charge in [-0.25, -0.2) is 4.99 Å². The summed E-state index contributed by atoms with van der Waals surface area (Å²) in [6.45, 7) is 13.6. The standard InChI is InChI=1S/C18H33N5O/c1-5-19-18(20-13-16-7-6-12-24-16)21-14-17(15(2)3)23-10-8-22(4)9-11-23/h6-7,12,15,17H,5,8-11,13-14H2,1-4H3,(H2,19,20,21). The van der Waals surface area contributed by atoms with Gasteiger partial charge < -0.3 is 20.0 Å². The predicted octanol–water partition coefficient (Wildman–Crippen LogP) is 1.61. The van der Waals surface area contributed by atoms with Crippen LogP contribution in [0.3, 0.4) is 0 Å². The van der Waals surface area contributed by atoms with E-state index in [1.54, 1.807) is 6.26 Å². The molecule has 1 aliphatic heterocycles. The fourth-order valence-electron chi connectivity index (χ4n) is 3.04. The number of guanidine groups is 1. The monoisotopic (exact) mass is 335 g/mol. The minimum Gasteiger partial charge on any atom is -0.467 e. The summed E-state index contributed by atoms with van der Waals surface area (Å²) in [5.41, 5.74) is 0. The van der Waals surface area contributed by atoms with Crippen LogP contribution in [0.15, 0.2) is 27.8 Å². The third-order valence-electron chi connectivity index (χ3n) is 4.57. The van der Waals surface area contributed by atoms with Crippen LogP contribution in [-0.2, 0) is 6.54 Å². The van der Waals surface area contributed by atoms with Crippen molar-refractivity contribution in [3.63, 3.8) is 0 Å². The Bertz CT molecular complexity index is 478. The third-order valence-corrected chi connectivity index (χ3v) is 4.57. The van der Waals surface area contributed by atoms with Crippen LogP contribution in [-0.4, -0.2) is 68.1 Å². The van der Waals surface area contributed by atoms with Crippen LogP contribution < -0.4 is 10.6 Å². The number of aliphatic imine (C=N–C) groups is 1. The van der Waals surface area contributed by atoms with E-state index in [4.69, 9.17) is 4.42 Å². The molecule has 6 heteroatoms. The Morgan fingerprint density at radius 1 is 1.25 bits per heavy atom. The lowest BCUT2D eigenvalue weighted by molar-refractivity contribution is 0.0900. The average Bonchev–Trinajstić information content (AvgIpc) is 3.07. The van der Waals surface area contributed by atoms with E-state index in [0.29, 0.717) is 18.5 Å². The molecule has 24 heavy (non-hydrogen) atoms. The molecule has 136 valence electrons. The molecule has 1 unspecified atom stereocenters. The molecule has 0 bridgehead atoms. The summed E-state index contributed by atoms with van der Waals surface area (Å²) in [6, 6.07) is 4.37. The maximum absolute atomic E-state index is 5.36. The maximum Gasteiger partial charge on any atom is 0.191 e. The Morgan fingerprint density at radius 3 is 2.58 bits per heavy atom. The lowest BCUT2D eigenvalue weighted by atomic mass is 10.0. The van der Waals surface area contributed by atoms with Gasteiger partial charge >= 0.3 is 0 Å². The van der Waals surface area contributed by atoms with Crippen LogP contribution in [0, 0.1) is 5.92 Å². The zero-order valence-electron chi connectivity index (χ0n) is 15.6. The molecule has 2 rings (SSSR count). The topological polar surface area (TPSA) is 56.0 Å². The van der Waals surface area contributed by atoms with Crippen molar-refractivity contribution in [3.05, 3.63) is 24.2 Å². The number of rotatable bonds is 7. The van der Waals surface area contributed by atoms with Gasteiger partial charge in [-0.15, -0.1) is 0 Å². The molecule has 1 atom stereocenters. The molecule has 1 aliphatic rings. The van der Waals surface area contributed by atoms with Crippen molar-refractivity contribution < 1.29 is 4.42 Å². The Balaban J connectivity index is 1.90. The molecule has 0 radical (unpaired) electrons. The highest BCUT2D eigenvalue weighted by molar-refractivity contribution is 5.79. The Morgan fingerprint density at radius 2 is 2.00 bits per heavy atom. The van der Waals surface area contributed by atoms with E-state index >= 15 is 0 Å². The molecular weight excluding hydrogens is 302 g/mol. The van der Waals surface area contributed by atoms with Crippen molar-refractivity contribution in [2.24, 2.45) is 10.9 Å². The van der Waals surface area contributed by atoms with Crippen molar-refractivity contribution in [1.82, 2.24) is 20.4 Å². The number of nitrogens with zero attached hydrogens (tertiary/aromatic N) is 3. The lowest BCUT2D eigenvalue weighted by Crippen LogP contribution is -2.55. The van der Waals surface area contributed by atoms with Crippen molar-refractivity contribution in [1.29, 1.82) is 0 Å². The number of hydrogen-bond donors (Lipinski definition) is 2. The molecule has 1 fully saturated rings. The Hall–Kier alpha value is -1.53. The van der Waals surface area contributed by atoms with Crippen LogP contribution in [0.25, 0.3) is 0 Å². The number of furan rings is 1. The first kappa shape index (κ1) is 18.8. The van der Waals surface area contributed by atoms with Gasteiger partial charge in [-0.2, -0.15) is 0 Å². The van der Waals surface area contributed by atoms with Crippen molar-refractivity contribution in [3.8, 4) is 0 Å². The average molecular weight is 335 g/mol. The van der Waals surface area contributed by atoms with Gasteiger partial charge in [0.25, 0.3) is 0 Å². The summed E-state index contributed by atoms with van der Waals surface area (Å²) >= 11 is 0. The van der Waals surface area contributed by atoms with Gasteiger partial charge in [0.05, 0.1) is 6.26 Å². The minimum absolute atomic E-state index is 0.520. The van der Waals surface area contributed by atoms with Gasteiger partial charge in [0.1, 0.15) is 12.3 Å². The molecule has 0 spiro atoms. The van der Waals surface area contributed by atoms with E-state index in [-0.39, 0.29) is 0 Å². The van der Waals surface area contributed by atoms with Crippen LogP contribution in [0.4, 0.5) is 0 Å². The highest BCUT2D eigenvalue weighted by Gasteiger charge is 2.25. The summed E-state index contributed by atoms with van der Waals surface area (Å²) in [5.74, 6) is 2.34. The van der Waals surface area contributed by atoms with Crippen LogP contribution >= 0.6 is 0 Å². The summed E-state index contributed by atoms with van der Waals surface area (Å²) in [7, 11) is 2.20. The molecule has 2 heterocycles. The fourth-order valence-corrected chi connectivity index (χ4v) is 3.04. The highest BCUT2D eigenvalue weighted by atomic mass is 16.3. The highest BCUT2D eigenvalue weighted by Crippen LogP contribution is 2.12. The number of hydrogen-bond acceptors (Lipinski definition) is 4. The third kappa shape index (κ3) is 5.83. The summed E-state index contributed by atoms with van der Waals surface area (Å²) in [4.78, 5) is 9.62. The van der Waals surface area contributed by atoms with Crippen molar-refractivity contribution in [2.45, 2.75) is 33.4 Å². The van der Waals surface area contributed by atoms with Crippen LogP contribution in [0.1, 0.15) is 26.5 Å². The van der Waals surface area contributed by atoms with E-state index in [0.717, 1.165) is 51.0 Å². The molecule has 6 nitrogen and oxygen atoms in total. The number of likely N-dealkylation sites (N-methyl/N-ethyl adjacent to an activating group) is 1. The zero-order valence-corrected chi connectivity index (χ0v) is 15.6. The fraction of sp³-hybridized carbons (Fsp3) is 0.722. The molecule has 1 aromatic heterocycles. The summed E-state index contributed by atoms with van der Waals surface area (Å²) < 4.78 is 5.36. The lowest BCUT2D eigenvalue weighted by Gasteiger charge is -2.40. The van der Waals surface area contributed by atoms with E-state index < -0.39 is 0 Å². The van der Waals surface area contributed by atoms with Crippen LogP contribution in [0.5, 0.6) is 0 Å². The Kier molecular flexibility index (Phi) is 7.59. The SMILES string of the molecule is CCNC(=NCc1ccco1)NCC(C(C)C)N1CCN(C)CC1. The van der Waals surface area contributed by atoms with Crippen LogP contribution in [0.2, 0.25) is 0 Å². The van der Waals surface area contributed by atoms with Gasteiger partial charge in [-0.05, 0) is 32.0 Å². The first-order chi connectivity index (χ1) is 11.6. The quantitative estimate of drug-likeness (QED) is 0.586. The molecule has 2 N–H and O–H groups in total. The smallest absolute Gasteiger partial charge is 0.191 e. The second-order valence-electron chi connectivity index (χ2n) is 6.81. The largest absolute Gasteiger partial charge is 0.467 e. The van der Waals surface area contributed by atoms with E-state index in [9.17, 15) is 0 Å². The normalized spacial score (nSPS) is 18.8. The van der Waals surface area contributed by atoms with Gasteiger partial charge in [-0.1, -0.05) is 13.8 Å². The second-order valence-corrected chi connectivity index (χ2v) is 6.81. The molecule has 0 aromatic carbocycles. The molecule has 0 aliphatic carbocycles. The number of piperazine rings is 1. The van der Waals surface area contributed by atoms with Crippen molar-refractivity contribution in [2.75, 3.05) is 46.3 Å². The van der Waals surface area contributed by atoms with Gasteiger partial charge in [0, 0.05) is 45.3 Å². The molecule has 0 amide bonds. The molecule has 1 saturated heterocycles. The zero-order chi connectivity index (χ0) is 17.4. The van der Waals surface area contributed by atoms with Gasteiger partial charge in [-0.3, -0.25) is 4.90 Å². The summed E-state index contributed by atoms with van der Waals surface area (Å²) in [5, 5.41) is 6.83. The van der Waals surface area contributed by atoms with E-state index in [1.807, 2.05) is 12.1 Å².